The number of benzene rings is 1. The van der Waals surface area contributed by atoms with Crippen molar-refractivity contribution in [3.63, 3.8) is 0 Å². The van der Waals surface area contributed by atoms with Gasteiger partial charge in [0.15, 0.2) is 0 Å². The molecule has 0 bridgehead atoms. The van der Waals surface area contributed by atoms with Crippen LogP contribution in [0.15, 0.2) is 24.3 Å². The smallest absolute Gasteiger partial charge is 0.273 e. The molecule has 110 valence electrons. The van der Waals surface area contributed by atoms with Crippen molar-refractivity contribution in [3.8, 4) is 5.75 Å². The van der Waals surface area contributed by atoms with Crippen LogP contribution in [0.3, 0.4) is 0 Å². The van der Waals surface area contributed by atoms with Crippen LogP contribution < -0.4 is 4.74 Å². The summed E-state index contributed by atoms with van der Waals surface area (Å²) in [6.07, 6.45) is 0. The van der Waals surface area contributed by atoms with Gasteiger partial charge in [-0.3, -0.25) is 15.0 Å². The molecule has 1 aliphatic rings. The maximum atomic E-state index is 10.7. The van der Waals surface area contributed by atoms with Gasteiger partial charge in [0, 0.05) is 25.7 Å². The second-order valence-corrected chi connectivity index (χ2v) is 5.49. The van der Waals surface area contributed by atoms with E-state index in [4.69, 9.17) is 9.47 Å². The van der Waals surface area contributed by atoms with Crippen LogP contribution in [0.1, 0.15) is 13.8 Å². The van der Waals surface area contributed by atoms with Crippen LogP contribution >= 0.6 is 0 Å². The van der Waals surface area contributed by atoms with E-state index in [0.717, 1.165) is 26.2 Å². The molecule has 1 fully saturated rings. The third-order valence-electron chi connectivity index (χ3n) is 3.21. The average molecular weight is 280 g/mol. The summed E-state index contributed by atoms with van der Waals surface area (Å²) in [5.41, 5.74) is -0.0703. The summed E-state index contributed by atoms with van der Waals surface area (Å²) in [5.74, 6) is 0.534. The van der Waals surface area contributed by atoms with Crippen molar-refractivity contribution in [2.24, 2.45) is 0 Å². The van der Waals surface area contributed by atoms with Gasteiger partial charge in [-0.05, 0) is 19.9 Å². The molecule has 1 saturated heterocycles. The van der Waals surface area contributed by atoms with Crippen molar-refractivity contribution in [2.75, 3.05) is 32.8 Å². The lowest BCUT2D eigenvalue weighted by atomic mass is 10.1. The van der Waals surface area contributed by atoms with Gasteiger partial charge in [-0.2, -0.15) is 0 Å². The largest absolute Gasteiger partial charge is 0.492 e. The zero-order chi connectivity index (χ0) is 14.6. The molecule has 1 aromatic rings. The molecule has 6 heteroatoms. The minimum atomic E-state index is -0.419. The molecule has 20 heavy (non-hydrogen) atoms. The van der Waals surface area contributed by atoms with Gasteiger partial charge in [0.25, 0.3) is 5.69 Å². The van der Waals surface area contributed by atoms with Gasteiger partial charge in [0.05, 0.1) is 23.2 Å². The molecule has 0 saturated carbocycles. The number of non-ortho nitro benzene ring substituents is 1. The summed E-state index contributed by atoms with van der Waals surface area (Å²) < 4.78 is 11.2. The Morgan fingerprint density at radius 2 is 2.30 bits per heavy atom. The molecule has 0 aliphatic carbocycles. The Labute approximate surface area is 118 Å². The fraction of sp³-hybridized carbons (Fsp3) is 0.571. The molecule has 2 rings (SSSR count). The fourth-order valence-corrected chi connectivity index (χ4v) is 2.28. The molecular weight excluding hydrogens is 260 g/mol. The van der Waals surface area contributed by atoms with Crippen LogP contribution in [0.4, 0.5) is 5.69 Å². The van der Waals surface area contributed by atoms with Gasteiger partial charge in [-0.1, -0.05) is 6.07 Å². The minimum Gasteiger partial charge on any atom is -0.492 e. The van der Waals surface area contributed by atoms with Crippen LogP contribution in [0.5, 0.6) is 5.75 Å². The first-order chi connectivity index (χ1) is 9.46. The molecule has 0 atom stereocenters. The highest BCUT2D eigenvalue weighted by Crippen LogP contribution is 2.19. The number of nitro benzene ring substituents is 1. The SMILES string of the molecule is CC1(C)CN(CCOc2cccc([N+](=O)[O-])c2)CCO1. The quantitative estimate of drug-likeness (QED) is 0.610. The van der Waals surface area contributed by atoms with Crippen molar-refractivity contribution < 1.29 is 14.4 Å². The Morgan fingerprint density at radius 3 is 3.00 bits per heavy atom. The van der Waals surface area contributed by atoms with E-state index < -0.39 is 4.92 Å². The van der Waals surface area contributed by atoms with Gasteiger partial charge in [-0.25, -0.2) is 0 Å². The summed E-state index contributed by atoms with van der Waals surface area (Å²) in [6.45, 7) is 7.92. The Morgan fingerprint density at radius 1 is 1.50 bits per heavy atom. The lowest BCUT2D eigenvalue weighted by Gasteiger charge is -2.38. The minimum absolute atomic E-state index is 0.0509. The van der Waals surface area contributed by atoms with E-state index in [9.17, 15) is 10.1 Å². The number of hydrogen-bond donors (Lipinski definition) is 0. The van der Waals surface area contributed by atoms with Crippen LogP contribution in [0.25, 0.3) is 0 Å². The number of nitro groups is 1. The number of nitrogens with zero attached hydrogens (tertiary/aromatic N) is 2. The number of hydrogen-bond acceptors (Lipinski definition) is 5. The highest BCUT2D eigenvalue weighted by molar-refractivity contribution is 5.37. The lowest BCUT2D eigenvalue weighted by molar-refractivity contribution is -0.384. The zero-order valence-electron chi connectivity index (χ0n) is 11.9. The maximum Gasteiger partial charge on any atom is 0.273 e. The summed E-state index contributed by atoms with van der Waals surface area (Å²) in [4.78, 5) is 12.5. The normalized spacial score (nSPS) is 18.7. The standard InChI is InChI=1S/C14H20N2O4/c1-14(2)11-15(7-9-20-14)6-8-19-13-5-3-4-12(10-13)16(17)18/h3-5,10H,6-9,11H2,1-2H3. The number of ether oxygens (including phenoxy) is 2. The molecule has 0 amide bonds. The first-order valence-electron chi connectivity index (χ1n) is 6.70. The Bertz CT molecular complexity index is 476. The van der Waals surface area contributed by atoms with Gasteiger partial charge in [-0.15, -0.1) is 0 Å². The zero-order valence-corrected chi connectivity index (χ0v) is 11.9. The predicted octanol–water partition coefficient (Wildman–Crippen LogP) is 2.08. The Balaban J connectivity index is 1.81. The summed E-state index contributed by atoms with van der Waals surface area (Å²) in [7, 11) is 0. The molecule has 0 radical (unpaired) electrons. The molecule has 1 heterocycles. The molecule has 0 N–H and O–H groups in total. The van der Waals surface area contributed by atoms with Crippen molar-refractivity contribution in [2.45, 2.75) is 19.4 Å². The molecule has 1 aliphatic heterocycles. The second-order valence-electron chi connectivity index (χ2n) is 5.49. The summed E-state index contributed by atoms with van der Waals surface area (Å²) >= 11 is 0. The van der Waals surface area contributed by atoms with E-state index in [1.54, 1.807) is 12.1 Å². The molecule has 0 aromatic heterocycles. The van der Waals surface area contributed by atoms with E-state index in [1.807, 2.05) is 0 Å². The van der Waals surface area contributed by atoms with E-state index in [2.05, 4.69) is 18.7 Å². The van der Waals surface area contributed by atoms with Crippen molar-refractivity contribution >= 4 is 5.69 Å². The van der Waals surface area contributed by atoms with E-state index in [-0.39, 0.29) is 11.3 Å². The second kappa shape index (κ2) is 6.19. The third kappa shape index (κ3) is 4.18. The van der Waals surface area contributed by atoms with Crippen LogP contribution in [-0.4, -0.2) is 48.3 Å². The third-order valence-corrected chi connectivity index (χ3v) is 3.21. The van der Waals surface area contributed by atoms with Gasteiger partial charge >= 0.3 is 0 Å². The lowest BCUT2D eigenvalue weighted by Crippen LogP contribution is -2.49. The number of rotatable bonds is 5. The van der Waals surface area contributed by atoms with Crippen LogP contribution in [0.2, 0.25) is 0 Å². The predicted molar refractivity (Wildman–Crippen MR) is 75.1 cm³/mol. The fourth-order valence-electron chi connectivity index (χ4n) is 2.28. The van der Waals surface area contributed by atoms with Crippen molar-refractivity contribution in [3.05, 3.63) is 34.4 Å². The molecule has 0 unspecified atom stereocenters. The van der Waals surface area contributed by atoms with Crippen molar-refractivity contribution in [1.82, 2.24) is 4.90 Å². The highest BCUT2D eigenvalue weighted by Gasteiger charge is 2.26. The molecule has 0 spiro atoms. The van der Waals surface area contributed by atoms with E-state index >= 15 is 0 Å². The van der Waals surface area contributed by atoms with Crippen LogP contribution in [-0.2, 0) is 4.74 Å². The Kier molecular flexibility index (Phi) is 4.57. The number of morpholine rings is 1. The average Bonchev–Trinajstić information content (AvgIpc) is 2.38. The van der Waals surface area contributed by atoms with Crippen LogP contribution in [0, 0.1) is 10.1 Å². The highest BCUT2D eigenvalue weighted by atomic mass is 16.6. The monoisotopic (exact) mass is 280 g/mol. The summed E-state index contributed by atoms with van der Waals surface area (Å²) in [5, 5.41) is 10.7. The topological polar surface area (TPSA) is 64.8 Å². The van der Waals surface area contributed by atoms with E-state index in [0.29, 0.717) is 12.4 Å². The molecular formula is C14H20N2O4. The molecule has 6 nitrogen and oxygen atoms in total. The van der Waals surface area contributed by atoms with Gasteiger partial charge in [0.2, 0.25) is 0 Å². The summed E-state index contributed by atoms with van der Waals surface area (Å²) in [6, 6.07) is 6.27. The van der Waals surface area contributed by atoms with Crippen molar-refractivity contribution in [1.29, 1.82) is 0 Å². The van der Waals surface area contributed by atoms with Gasteiger partial charge < -0.3 is 9.47 Å². The molecule has 1 aromatic carbocycles. The van der Waals surface area contributed by atoms with Gasteiger partial charge in [0.1, 0.15) is 12.4 Å². The maximum absolute atomic E-state index is 10.7. The van der Waals surface area contributed by atoms with E-state index in [1.165, 1.54) is 12.1 Å². The first kappa shape index (κ1) is 14.7. The Hall–Kier alpha value is -1.66. The first-order valence-corrected chi connectivity index (χ1v) is 6.70.